The lowest BCUT2D eigenvalue weighted by atomic mass is 10.0. The number of aliphatic hydroxyl groups excluding tert-OH is 1. The minimum atomic E-state index is -0.322. The van der Waals surface area contributed by atoms with Crippen molar-refractivity contribution in [3.8, 4) is 0 Å². The van der Waals surface area contributed by atoms with Crippen LogP contribution in [0.15, 0.2) is 24.3 Å². The summed E-state index contributed by atoms with van der Waals surface area (Å²) in [6.07, 6.45) is 3.08. The summed E-state index contributed by atoms with van der Waals surface area (Å²) in [4.78, 5) is 13.9. The molecule has 0 aliphatic carbocycles. The molecule has 0 aromatic heterocycles. The number of carbonyl (C=O) groups excluding carboxylic acids is 1. The van der Waals surface area contributed by atoms with E-state index in [1.807, 2.05) is 0 Å². The Hall–Kier alpha value is -1.42. The Bertz CT molecular complexity index is 422. The summed E-state index contributed by atoms with van der Waals surface area (Å²) in [5, 5.41) is 9.27. The zero-order chi connectivity index (χ0) is 13.0. The van der Waals surface area contributed by atoms with Crippen LogP contribution in [0, 0.1) is 5.82 Å². The molecule has 1 atom stereocenters. The molecule has 4 heteroatoms. The van der Waals surface area contributed by atoms with Gasteiger partial charge in [0.2, 0.25) is 5.91 Å². The predicted octanol–water partition coefficient (Wildman–Crippen LogP) is 1.74. The summed E-state index contributed by atoms with van der Waals surface area (Å²) >= 11 is 0. The first-order valence-corrected chi connectivity index (χ1v) is 6.35. The number of nitrogens with zero attached hydrogens (tertiary/aromatic N) is 1. The van der Waals surface area contributed by atoms with Gasteiger partial charge >= 0.3 is 0 Å². The van der Waals surface area contributed by atoms with E-state index in [9.17, 15) is 14.3 Å². The first-order valence-electron chi connectivity index (χ1n) is 6.35. The van der Waals surface area contributed by atoms with E-state index < -0.39 is 0 Å². The molecule has 1 unspecified atom stereocenters. The number of hydrogen-bond donors (Lipinski definition) is 1. The molecule has 1 aromatic rings. The SMILES string of the molecule is O=C(Cc1cccc(F)c1)N1CCCCC1CO. The molecule has 0 saturated carbocycles. The van der Waals surface area contributed by atoms with Crippen LogP contribution in [0.3, 0.4) is 0 Å². The molecule has 1 N–H and O–H groups in total. The Kier molecular flexibility index (Phi) is 4.31. The van der Waals surface area contributed by atoms with E-state index in [1.165, 1.54) is 12.1 Å². The largest absolute Gasteiger partial charge is 0.394 e. The van der Waals surface area contributed by atoms with Gasteiger partial charge in [-0.05, 0) is 37.0 Å². The molecule has 1 fully saturated rings. The molecule has 1 heterocycles. The van der Waals surface area contributed by atoms with Crippen molar-refractivity contribution in [2.75, 3.05) is 13.2 Å². The number of halogens is 1. The topological polar surface area (TPSA) is 40.5 Å². The molecule has 18 heavy (non-hydrogen) atoms. The highest BCUT2D eigenvalue weighted by molar-refractivity contribution is 5.79. The number of aliphatic hydroxyl groups is 1. The van der Waals surface area contributed by atoms with Crippen LogP contribution in [0.2, 0.25) is 0 Å². The highest BCUT2D eigenvalue weighted by Gasteiger charge is 2.25. The first-order chi connectivity index (χ1) is 8.70. The van der Waals surface area contributed by atoms with E-state index in [-0.39, 0.29) is 30.8 Å². The van der Waals surface area contributed by atoms with Gasteiger partial charge < -0.3 is 10.0 Å². The molecule has 0 bridgehead atoms. The fourth-order valence-electron chi connectivity index (χ4n) is 2.44. The minimum Gasteiger partial charge on any atom is -0.394 e. The van der Waals surface area contributed by atoms with Gasteiger partial charge in [0.05, 0.1) is 19.1 Å². The number of carbonyl (C=O) groups is 1. The maximum atomic E-state index is 13.0. The van der Waals surface area contributed by atoms with Crippen molar-refractivity contribution in [2.24, 2.45) is 0 Å². The quantitative estimate of drug-likeness (QED) is 0.889. The van der Waals surface area contributed by atoms with Crippen molar-refractivity contribution in [3.05, 3.63) is 35.6 Å². The number of hydrogen-bond acceptors (Lipinski definition) is 2. The van der Waals surface area contributed by atoms with Crippen molar-refractivity contribution < 1.29 is 14.3 Å². The maximum Gasteiger partial charge on any atom is 0.227 e. The third-order valence-corrected chi connectivity index (χ3v) is 3.40. The van der Waals surface area contributed by atoms with Crippen LogP contribution in [0.5, 0.6) is 0 Å². The summed E-state index contributed by atoms with van der Waals surface area (Å²) in [6.45, 7) is 0.703. The Morgan fingerprint density at radius 3 is 3.00 bits per heavy atom. The highest BCUT2D eigenvalue weighted by atomic mass is 19.1. The molecule has 1 amide bonds. The molecule has 98 valence electrons. The normalized spacial score (nSPS) is 19.9. The maximum absolute atomic E-state index is 13.0. The average Bonchev–Trinajstić information content (AvgIpc) is 2.38. The van der Waals surface area contributed by atoms with E-state index in [2.05, 4.69) is 0 Å². The van der Waals surface area contributed by atoms with Gasteiger partial charge in [0.25, 0.3) is 0 Å². The summed E-state index contributed by atoms with van der Waals surface area (Å²) in [5.41, 5.74) is 0.683. The molecule has 1 aliphatic rings. The number of rotatable bonds is 3. The van der Waals surface area contributed by atoms with Crippen LogP contribution >= 0.6 is 0 Å². The molecule has 1 saturated heterocycles. The number of likely N-dealkylation sites (tertiary alicyclic amines) is 1. The second-order valence-electron chi connectivity index (χ2n) is 4.73. The molecular formula is C14H18FNO2. The van der Waals surface area contributed by atoms with Gasteiger partial charge in [-0.2, -0.15) is 0 Å². The van der Waals surface area contributed by atoms with Gasteiger partial charge in [-0.15, -0.1) is 0 Å². The molecule has 0 radical (unpaired) electrons. The fourth-order valence-corrected chi connectivity index (χ4v) is 2.44. The molecule has 0 spiro atoms. The number of amides is 1. The lowest BCUT2D eigenvalue weighted by Crippen LogP contribution is -2.46. The summed E-state index contributed by atoms with van der Waals surface area (Å²) < 4.78 is 13.0. The lowest BCUT2D eigenvalue weighted by Gasteiger charge is -2.34. The van der Waals surface area contributed by atoms with Crippen molar-refractivity contribution in [3.63, 3.8) is 0 Å². The highest BCUT2D eigenvalue weighted by Crippen LogP contribution is 2.18. The van der Waals surface area contributed by atoms with E-state index >= 15 is 0 Å². The summed E-state index contributed by atoms with van der Waals surface area (Å²) in [7, 11) is 0. The summed E-state index contributed by atoms with van der Waals surface area (Å²) in [6, 6.07) is 6.04. The average molecular weight is 251 g/mol. The van der Waals surface area contributed by atoms with Gasteiger partial charge in [-0.3, -0.25) is 4.79 Å². The standard InChI is InChI=1S/C14H18FNO2/c15-12-5-3-4-11(8-12)9-14(18)16-7-2-1-6-13(16)10-17/h3-5,8,13,17H,1-2,6-7,9-10H2. The fraction of sp³-hybridized carbons (Fsp3) is 0.500. The third kappa shape index (κ3) is 3.07. The van der Waals surface area contributed by atoms with Crippen LogP contribution in [0.25, 0.3) is 0 Å². The van der Waals surface area contributed by atoms with Crippen LogP contribution in [-0.4, -0.2) is 35.1 Å². The van der Waals surface area contributed by atoms with Crippen molar-refractivity contribution in [1.29, 1.82) is 0 Å². The van der Waals surface area contributed by atoms with E-state index in [0.717, 1.165) is 19.3 Å². The molecule has 1 aromatic carbocycles. The monoisotopic (exact) mass is 251 g/mol. The number of benzene rings is 1. The third-order valence-electron chi connectivity index (χ3n) is 3.40. The zero-order valence-electron chi connectivity index (χ0n) is 10.3. The Labute approximate surface area is 106 Å². The molecule has 1 aliphatic heterocycles. The molecular weight excluding hydrogens is 233 g/mol. The van der Waals surface area contributed by atoms with Crippen LogP contribution in [0.1, 0.15) is 24.8 Å². The van der Waals surface area contributed by atoms with Crippen molar-refractivity contribution in [2.45, 2.75) is 31.7 Å². The van der Waals surface area contributed by atoms with Gasteiger partial charge in [0.15, 0.2) is 0 Å². The van der Waals surface area contributed by atoms with E-state index in [0.29, 0.717) is 12.1 Å². The van der Waals surface area contributed by atoms with Gasteiger partial charge in [0.1, 0.15) is 5.82 Å². The zero-order valence-corrected chi connectivity index (χ0v) is 10.3. The van der Waals surface area contributed by atoms with Crippen LogP contribution in [-0.2, 0) is 11.2 Å². The van der Waals surface area contributed by atoms with Gasteiger partial charge in [0, 0.05) is 6.54 Å². The first kappa shape index (κ1) is 13.0. The van der Waals surface area contributed by atoms with Crippen molar-refractivity contribution in [1.82, 2.24) is 4.90 Å². The van der Waals surface area contributed by atoms with Crippen LogP contribution < -0.4 is 0 Å². The Morgan fingerprint density at radius 2 is 2.28 bits per heavy atom. The van der Waals surface area contributed by atoms with E-state index in [1.54, 1.807) is 17.0 Å². The van der Waals surface area contributed by atoms with E-state index in [4.69, 9.17) is 0 Å². The summed E-state index contributed by atoms with van der Waals surface area (Å²) in [5.74, 6) is -0.350. The molecule has 2 rings (SSSR count). The van der Waals surface area contributed by atoms with Crippen molar-refractivity contribution >= 4 is 5.91 Å². The minimum absolute atomic E-state index is 0.00882. The smallest absolute Gasteiger partial charge is 0.227 e. The predicted molar refractivity (Wildman–Crippen MR) is 66.5 cm³/mol. The number of piperidine rings is 1. The Morgan fingerprint density at radius 1 is 1.44 bits per heavy atom. The Balaban J connectivity index is 2.02. The van der Waals surface area contributed by atoms with Gasteiger partial charge in [-0.1, -0.05) is 12.1 Å². The second-order valence-corrected chi connectivity index (χ2v) is 4.73. The van der Waals surface area contributed by atoms with Crippen LogP contribution in [0.4, 0.5) is 4.39 Å². The van der Waals surface area contributed by atoms with Gasteiger partial charge in [-0.25, -0.2) is 4.39 Å². The lowest BCUT2D eigenvalue weighted by molar-refractivity contribution is -0.135. The molecule has 3 nitrogen and oxygen atoms in total. The second kappa shape index (κ2) is 5.96.